The number of benzene rings is 1. The molecule has 0 aliphatic rings. The summed E-state index contributed by atoms with van der Waals surface area (Å²) in [4.78, 5) is 13.9. The summed E-state index contributed by atoms with van der Waals surface area (Å²) in [6.07, 6.45) is 3.20. The summed E-state index contributed by atoms with van der Waals surface area (Å²) in [5, 5.41) is 0. The molecule has 0 fully saturated rings. The largest absolute Gasteiger partial charge is 0.496 e. The van der Waals surface area contributed by atoms with E-state index in [9.17, 15) is 4.79 Å². The summed E-state index contributed by atoms with van der Waals surface area (Å²) in [6, 6.07) is 6.81. The smallest absolute Gasteiger partial charge is 0.257 e. The van der Waals surface area contributed by atoms with E-state index in [-0.39, 0.29) is 5.91 Å². The van der Waals surface area contributed by atoms with E-state index in [0.29, 0.717) is 23.5 Å². The van der Waals surface area contributed by atoms with Crippen molar-refractivity contribution in [3.8, 4) is 5.75 Å². The lowest BCUT2D eigenvalue weighted by molar-refractivity contribution is 0.0781. The zero-order valence-corrected chi connectivity index (χ0v) is 10.9. The first-order valence-corrected chi connectivity index (χ1v) is 5.82. The van der Waals surface area contributed by atoms with E-state index in [1.165, 1.54) is 7.11 Å². The summed E-state index contributed by atoms with van der Waals surface area (Å²) in [5.74, 6) is 0.349. The van der Waals surface area contributed by atoms with Crippen LogP contribution in [0.4, 0.5) is 5.69 Å². The van der Waals surface area contributed by atoms with Gasteiger partial charge in [-0.05, 0) is 18.2 Å². The van der Waals surface area contributed by atoms with Crippen molar-refractivity contribution in [2.24, 2.45) is 0 Å². The summed E-state index contributed by atoms with van der Waals surface area (Å²) in [6.45, 7) is 0.475. The molecular formula is C14H16N2O3. The zero-order chi connectivity index (χ0) is 13.8. The number of carbonyl (C=O) groups is 1. The van der Waals surface area contributed by atoms with Gasteiger partial charge < -0.3 is 19.8 Å². The van der Waals surface area contributed by atoms with Gasteiger partial charge in [-0.3, -0.25) is 4.79 Å². The van der Waals surface area contributed by atoms with Crippen molar-refractivity contribution in [1.82, 2.24) is 4.90 Å². The molecule has 2 N–H and O–H groups in total. The van der Waals surface area contributed by atoms with Gasteiger partial charge in [-0.25, -0.2) is 0 Å². The second kappa shape index (κ2) is 5.48. The van der Waals surface area contributed by atoms with Gasteiger partial charge >= 0.3 is 0 Å². The molecule has 0 radical (unpaired) electrons. The highest BCUT2D eigenvalue weighted by Gasteiger charge is 2.17. The average Bonchev–Trinajstić information content (AvgIpc) is 2.90. The van der Waals surface area contributed by atoms with Crippen LogP contribution in [0.3, 0.4) is 0 Å². The Hall–Kier alpha value is -2.43. The maximum Gasteiger partial charge on any atom is 0.257 e. The fraction of sp³-hybridized carbons (Fsp3) is 0.214. The lowest BCUT2D eigenvalue weighted by Crippen LogP contribution is -2.26. The van der Waals surface area contributed by atoms with E-state index in [2.05, 4.69) is 0 Å². The molecule has 1 heterocycles. The van der Waals surface area contributed by atoms with Crippen LogP contribution in [0, 0.1) is 0 Å². The number of ether oxygens (including phenoxy) is 1. The Morgan fingerprint density at radius 2 is 2.21 bits per heavy atom. The molecule has 5 heteroatoms. The van der Waals surface area contributed by atoms with E-state index < -0.39 is 0 Å². The van der Waals surface area contributed by atoms with Crippen molar-refractivity contribution >= 4 is 11.6 Å². The fourth-order valence-corrected chi connectivity index (χ4v) is 1.82. The monoisotopic (exact) mass is 260 g/mol. The van der Waals surface area contributed by atoms with Crippen LogP contribution < -0.4 is 10.5 Å². The van der Waals surface area contributed by atoms with Crippen LogP contribution in [0.1, 0.15) is 15.9 Å². The van der Waals surface area contributed by atoms with Crippen molar-refractivity contribution in [2.45, 2.75) is 6.54 Å². The number of furan rings is 1. The van der Waals surface area contributed by atoms with Crippen molar-refractivity contribution in [2.75, 3.05) is 19.9 Å². The minimum Gasteiger partial charge on any atom is -0.496 e. The topological polar surface area (TPSA) is 68.7 Å². The molecule has 1 amide bonds. The first-order valence-electron chi connectivity index (χ1n) is 5.82. The van der Waals surface area contributed by atoms with Gasteiger partial charge in [-0.2, -0.15) is 0 Å². The van der Waals surface area contributed by atoms with Gasteiger partial charge in [0.25, 0.3) is 5.91 Å². The molecular weight excluding hydrogens is 244 g/mol. The van der Waals surface area contributed by atoms with Gasteiger partial charge in [0.05, 0.1) is 25.2 Å². The number of nitrogens with zero attached hydrogens (tertiary/aromatic N) is 1. The minimum atomic E-state index is -0.127. The number of nitrogens with two attached hydrogens (primary N) is 1. The highest BCUT2D eigenvalue weighted by molar-refractivity contribution is 5.97. The number of methoxy groups -OCH3 is 1. The van der Waals surface area contributed by atoms with Gasteiger partial charge in [0.2, 0.25) is 0 Å². The number of carbonyl (C=O) groups excluding carboxylic acids is 1. The number of amides is 1. The summed E-state index contributed by atoms with van der Waals surface area (Å²) >= 11 is 0. The number of rotatable bonds is 4. The number of hydrogen-bond donors (Lipinski definition) is 1. The summed E-state index contributed by atoms with van der Waals surface area (Å²) in [7, 11) is 3.24. The molecule has 19 heavy (non-hydrogen) atoms. The Labute approximate surface area is 111 Å². The highest BCUT2D eigenvalue weighted by Crippen LogP contribution is 2.23. The second-order valence-corrected chi connectivity index (χ2v) is 4.25. The van der Waals surface area contributed by atoms with Crippen LogP contribution in [0.25, 0.3) is 0 Å². The van der Waals surface area contributed by atoms with Gasteiger partial charge in [-0.1, -0.05) is 0 Å². The molecule has 0 aliphatic heterocycles. The molecule has 0 saturated heterocycles. The normalized spacial score (nSPS) is 10.2. The minimum absolute atomic E-state index is 0.127. The van der Waals surface area contributed by atoms with E-state index >= 15 is 0 Å². The van der Waals surface area contributed by atoms with Crippen LogP contribution in [0.2, 0.25) is 0 Å². The third kappa shape index (κ3) is 2.88. The summed E-state index contributed by atoms with van der Waals surface area (Å²) < 4.78 is 10.2. The molecule has 100 valence electrons. The zero-order valence-electron chi connectivity index (χ0n) is 10.9. The van der Waals surface area contributed by atoms with Gasteiger partial charge in [-0.15, -0.1) is 0 Å². The predicted octanol–water partition coefficient (Wildman–Crippen LogP) is 2.14. The molecule has 0 spiro atoms. The van der Waals surface area contributed by atoms with Crippen LogP contribution in [-0.4, -0.2) is 25.0 Å². The third-order valence-electron chi connectivity index (χ3n) is 2.80. The molecule has 2 aromatic rings. The standard InChI is InChI=1S/C14H16N2O3/c1-16(8-10-5-6-19-9-10)14(17)12-4-3-11(15)7-13(12)18-2/h3-7,9H,8,15H2,1-2H3. The molecule has 0 aliphatic carbocycles. The molecule has 5 nitrogen and oxygen atoms in total. The van der Waals surface area contributed by atoms with Crippen molar-refractivity contribution in [3.63, 3.8) is 0 Å². The Balaban J connectivity index is 2.19. The van der Waals surface area contributed by atoms with E-state index in [1.54, 1.807) is 42.7 Å². The predicted molar refractivity (Wildman–Crippen MR) is 71.9 cm³/mol. The Morgan fingerprint density at radius 3 is 2.84 bits per heavy atom. The Kier molecular flexibility index (Phi) is 3.75. The highest BCUT2D eigenvalue weighted by atomic mass is 16.5. The lowest BCUT2D eigenvalue weighted by atomic mass is 10.1. The van der Waals surface area contributed by atoms with Crippen molar-refractivity contribution in [1.29, 1.82) is 0 Å². The fourth-order valence-electron chi connectivity index (χ4n) is 1.82. The Bertz CT molecular complexity index is 564. The van der Waals surface area contributed by atoms with Crippen LogP contribution in [-0.2, 0) is 6.54 Å². The molecule has 0 atom stereocenters. The molecule has 2 rings (SSSR count). The first kappa shape index (κ1) is 13.0. The number of hydrogen-bond acceptors (Lipinski definition) is 4. The number of nitrogen functional groups attached to an aromatic ring is 1. The first-order chi connectivity index (χ1) is 9.11. The lowest BCUT2D eigenvalue weighted by Gasteiger charge is -2.18. The maximum atomic E-state index is 12.3. The van der Waals surface area contributed by atoms with Crippen LogP contribution in [0.15, 0.2) is 41.2 Å². The third-order valence-corrected chi connectivity index (χ3v) is 2.80. The number of anilines is 1. The van der Waals surface area contributed by atoms with E-state index in [4.69, 9.17) is 14.9 Å². The van der Waals surface area contributed by atoms with Crippen LogP contribution >= 0.6 is 0 Å². The van der Waals surface area contributed by atoms with Crippen LogP contribution in [0.5, 0.6) is 5.75 Å². The average molecular weight is 260 g/mol. The van der Waals surface area contributed by atoms with Gasteiger partial charge in [0.15, 0.2) is 0 Å². The molecule has 0 bridgehead atoms. The maximum absolute atomic E-state index is 12.3. The summed E-state index contributed by atoms with van der Waals surface area (Å²) in [5.41, 5.74) is 7.66. The van der Waals surface area contributed by atoms with Gasteiger partial charge in [0.1, 0.15) is 5.75 Å². The Morgan fingerprint density at radius 1 is 1.42 bits per heavy atom. The second-order valence-electron chi connectivity index (χ2n) is 4.25. The molecule has 1 aromatic heterocycles. The molecule has 0 saturated carbocycles. The quantitative estimate of drug-likeness (QED) is 0.855. The van der Waals surface area contributed by atoms with Gasteiger partial charge in [0, 0.05) is 30.9 Å². The molecule has 1 aromatic carbocycles. The van der Waals surface area contributed by atoms with E-state index in [0.717, 1.165) is 5.56 Å². The molecule has 0 unspecified atom stereocenters. The van der Waals surface area contributed by atoms with E-state index in [1.807, 2.05) is 6.07 Å². The SMILES string of the molecule is COc1cc(N)ccc1C(=O)N(C)Cc1ccoc1. The van der Waals surface area contributed by atoms with Crippen molar-refractivity contribution in [3.05, 3.63) is 47.9 Å². The van der Waals surface area contributed by atoms with Crippen molar-refractivity contribution < 1.29 is 13.9 Å².